The summed E-state index contributed by atoms with van der Waals surface area (Å²) in [5, 5.41) is 9.62. The first kappa shape index (κ1) is 19.5. The van der Waals surface area contributed by atoms with Gasteiger partial charge in [-0.25, -0.2) is 4.39 Å². The number of anilines is 1. The molecule has 2 aromatic rings. The number of carbonyl (C=O) groups is 1. The first-order valence-electron chi connectivity index (χ1n) is 8.29. The smallest absolute Gasteiger partial charge is 0.416 e. The molecule has 1 unspecified atom stereocenters. The Hall–Kier alpha value is -3.23. The summed E-state index contributed by atoms with van der Waals surface area (Å²) in [6, 6.07) is 4.13. The number of allylic oxidation sites excluding steroid dienone is 3. The molecule has 1 amide bonds. The number of aromatic nitrogens is 2. The topological polar surface area (TPSA) is 64.1 Å². The van der Waals surface area contributed by atoms with Crippen molar-refractivity contribution in [3.05, 3.63) is 71.8 Å². The van der Waals surface area contributed by atoms with Crippen LogP contribution in [0.3, 0.4) is 0 Å². The van der Waals surface area contributed by atoms with E-state index in [1.54, 1.807) is 6.08 Å². The highest BCUT2D eigenvalue weighted by atomic mass is 19.4. The van der Waals surface area contributed by atoms with Crippen LogP contribution in [0.2, 0.25) is 0 Å². The number of rotatable bonds is 5. The lowest BCUT2D eigenvalue weighted by Crippen LogP contribution is -2.18. The number of nitrogens with zero attached hydrogens (tertiary/aromatic N) is 2. The third-order valence-electron chi connectivity index (χ3n) is 3.99. The molecule has 1 heterocycles. The molecular weight excluding hydrogens is 378 g/mol. The van der Waals surface area contributed by atoms with E-state index in [1.807, 2.05) is 0 Å². The summed E-state index contributed by atoms with van der Waals surface area (Å²) in [4.78, 5) is 12.5. The minimum atomic E-state index is -4.61. The first-order chi connectivity index (χ1) is 13.3. The molecule has 1 atom stereocenters. The molecular formula is C19H15F4N3O2. The van der Waals surface area contributed by atoms with Crippen molar-refractivity contribution < 1.29 is 27.1 Å². The van der Waals surface area contributed by atoms with E-state index in [9.17, 15) is 22.4 Å². The first-order valence-corrected chi connectivity index (χ1v) is 8.29. The van der Waals surface area contributed by atoms with Gasteiger partial charge in [0.25, 0.3) is 5.91 Å². The molecule has 146 valence electrons. The summed E-state index contributed by atoms with van der Waals surface area (Å²) in [6.45, 7) is 0.0860. The molecule has 0 radical (unpaired) electrons. The lowest BCUT2D eigenvalue weighted by atomic mass is 10.0. The fraction of sp³-hybridized carbons (Fsp3) is 0.211. The van der Waals surface area contributed by atoms with E-state index in [4.69, 9.17) is 4.74 Å². The fourth-order valence-corrected chi connectivity index (χ4v) is 2.53. The summed E-state index contributed by atoms with van der Waals surface area (Å²) in [6.07, 6.45) is 2.69. The van der Waals surface area contributed by atoms with Crippen LogP contribution in [0.25, 0.3) is 0 Å². The Kier molecular flexibility index (Phi) is 5.72. The number of benzene rings is 1. The molecule has 1 N–H and O–H groups in total. The van der Waals surface area contributed by atoms with Crippen LogP contribution in [-0.2, 0) is 6.18 Å². The van der Waals surface area contributed by atoms with Gasteiger partial charge >= 0.3 is 6.18 Å². The average molecular weight is 393 g/mol. The van der Waals surface area contributed by atoms with Crippen molar-refractivity contribution in [3.8, 4) is 5.75 Å². The third-order valence-corrected chi connectivity index (χ3v) is 3.99. The Labute approximate surface area is 157 Å². The maximum absolute atomic E-state index is 13.1. The summed E-state index contributed by atoms with van der Waals surface area (Å²) in [5.41, 5.74) is -0.965. The summed E-state index contributed by atoms with van der Waals surface area (Å²) in [5.74, 6) is -1.28. The van der Waals surface area contributed by atoms with Gasteiger partial charge in [-0.3, -0.25) is 4.79 Å². The normalized spacial score (nSPS) is 16.4. The zero-order valence-electron chi connectivity index (χ0n) is 14.4. The van der Waals surface area contributed by atoms with E-state index in [-0.39, 0.29) is 35.4 Å². The van der Waals surface area contributed by atoms with E-state index < -0.39 is 17.6 Å². The molecule has 0 saturated heterocycles. The Morgan fingerprint density at radius 2 is 2.07 bits per heavy atom. The zero-order valence-corrected chi connectivity index (χ0v) is 14.4. The van der Waals surface area contributed by atoms with Crippen LogP contribution < -0.4 is 10.1 Å². The monoisotopic (exact) mass is 393 g/mol. The highest BCUT2D eigenvalue weighted by molar-refractivity contribution is 6.06. The van der Waals surface area contributed by atoms with E-state index in [0.717, 1.165) is 18.2 Å². The molecule has 0 bridgehead atoms. The second-order valence-electron chi connectivity index (χ2n) is 6.05. The number of carbonyl (C=O) groups excluding carboxylic acids is 1. The molecule has 0 fully saturated rings. The molecule has 5 nitrogen and oxygen atoms in total. The van der Waals surface area contributed by atoms with Gasteiger partial charge in [-0.15, -0.1) is 0 Å². The van der Waals surface area contributed by atoms with Crippen molar-refractivity contribution in [2.45, 2.75) is 12.6 Å². The average Bonchev–Trinajstić information content (AvgIpc) is 2.67. The highest BCUT2D eigenvalue weighted by Gasteiger charge is 2.32. The molecule has 9 heteroatoms. The van der Waals surface area contributed by atoms with Crippen LogP contribution in [-0.4, -0.2) is 22.7 Å². The predicted octanol–water partition coefficient (Wildman–Crippen LogP) is 4.56. The zero-order chi connectivity index (χ0) is 20.1. The standard InChI is InChI=1S/C19H15F4N3O2/c20-14-4-1-12(2-5-14)11-28-17-6-3-13(19(21,22)23)9-16(17)18(27)26-15-7-8-24-25-10-15/h1,3-10,12H,2,11H2,(H,24,26,27). The van der Waals surface area contributed by atoms with Crippen molar-refractivity contribution in [2.24, 2.45) is 5.92 Å². The number of hydrogen-bond donors (Lipinski definition) is 1. The van der Waals surface area contributed by atoms with E-state index in [2.05, 4.69) is 15.5 Å². The largest absolute Gasteiger partial charge is 0.492 e. The molecule has 1 aromatic heterocycles. The van der Waals surface area contributed by atoms with Gasteiger partial charge in [0.1, 0.15) is 11.6 Å². The Morgan fingerprint density at radius 3 is 2.71 bits per heavy atom. The maximum atomic E-state index is 13.1. The van der Waals surface area contributed by atoms with Crippen molar-refractivity contribution in [2.75, 3.05) is 11.9 Å². The van der Waals surface area contributed by atoms with Crippen LogP contribution in [0.15, 0.2) is 60.7 Å². The minimum Gasteiger partial charge on any atom is -0.492 e. The van der Waals surface area contributed by atoms with Crippen LogP contribution in [0.4, 0.5) is 23.2 Å². The lowest BCUT2D eigenvalue weighted by molar-refractivity contribution is -0.137. The second kappa shape index (κ2) is 8.20. The van der Waals surface area contributed by atoms with Crippen LogP contribution in [0.1, 0.15) is 22.3 Å². The van der Waals surface area contributed by atoms with E-state index in [1.165, 1.54) is 30.6 Å². The van der Waals surface area contributed by atoms with Gasteiger partial charge in [0, 0.05) is 5.92 Å². The van der Waals surface area contributed by atoms with Gasteiger partial charge in [0.2, 0.25) is 0 Å². The Morgan fingerprint density at radius 1 is 1.25 bits per heavy atom. The number of amides is 1. The molecule has 1 aliphatic rings. The second-order valence-corrected chi connectivity index (χ2v) is 6.05. The molecule has 0 spiro atoms. The van der Waals surface area contributed by atoms with Gasteiger partial charge in [-0.05, 0) is 42.8 Å². The minimum absolute atomic E-state index is 0.00376. The summed E-state index contributed by atoms with van der Waals surface area (Å²) < 4.78 is 57.8. The Balaban J connectivity index is 1.82. The van der Waals surface area contributed by atoms with E-state index in [0.29, 0.717) is 6.42 Å². The van der Waals surface area contributed by atoms with Gasteiger partial charge < -0.3 is 10.1 Å². The van der Waals surface area contributed by atoms with Crippen molar-refractivity contribution in [1.29, 1.82) is 0 Å². The molecule has 1 aliphatic carbocycles. The lowest BCUT2D eigenvalue weighted by Gasteiger charge is -2.18. The summed E-state index contributed by atoms with van der Waals surface area (Å²) in [7, 11) is 0. The van der Waals surface area contributed by atoms with Crippen molar-refractivity contribution in [3.63, 3.8) is 0 Å². The molecule has 0 saturated carbocycles. The number of hydrogen-bond acceptors (Lipinski definition) is 4. The molecule has 3 rings (SSSR count). The number of nitrogens with one attached hydrogen (secondary N) is 1. The third kappa shape index (κ3) is 4.93. The predicted molar refractivity (Wildman–Crippen MR) is 93.4 cm³/mol. The van der Waals surface area contributed by atoms with Gasteiger partial charge in [0.05, 0.1) is 35.8 Å². The maximum Gasteiger partial charge on any atom is 0.416 e. The van der Waals surface area contributed by atoms with Crippen LogP contribution in [0, 0.1) is 5.92 Å². The van der Waals surface area contributed by atoms with E-state index >= 15 is 0 Å². The highest BCUT2D eigenvalue weighted by Crippen LogP contribution is 2.33. The van der Waals surface area contributed by atoms with Crippen molar-refractivity contribution in [1.82, 2.24) is 10.2 Å². The summed E-state index contributed by atoms with van der Waals surface area (Å²) >= 11 is 0. The van der Waals surface area contributed by atoms with Gasteiger partial charge in [-0.1, -0.05) is 6.08 Å². The number of alkyl halides is 3. The molecule has 28 heavy (non-hydrogen) atoms. The van der Waals surface area contributed by atoms with Crippen LogP contribution in [0.5, 0.6) is 5.75 Å². The number of ether oxygens (including phenoxy) is 1. The fourth-order valence-electron chi connectivity index (χ4n) is 2.53. The quantitative estimate of drug-likeness (QED) is 0.757. The van der Waals surface area contributed by atoms with Crippen molar-refractivity contribution >= 4 is 11.6 Å². The van der Waals surface area contributed by atoms with Gasteiger partial charge in [-0.2, -0.15) is 23.4 Å². The Bertz CT molecular complexity index is 911. The molecule has 1 aromatic carbocycles. The SMILES string of the molecule is O=C(Nc1ccnnc1)c1cc(C(F)(F)F)ccc1OCC1C=CC(F)=CC1. The molecule has 0 aliphatic heterocycles. The number of halogens is 4. The van der Waals surface area contributed by atoms with Gasteiger partial charge in [0.15, 0.2) is 0 Å². The van der Waals surface area contributed by atoms with Crippen LogP contribution >= 0.6 is 0 Å².